The van der Waals surface area contributed by atoms with Gasteiger partial charge in [-0.25, -0.2) is 9.18 Å². The van der Waals surface area contributed by atoms with Gasteiger partial charge in [-0.2, -0.15) is 0 Å². The first-order valence-corrected chi connectivity index (χ1v) is 9.68. The highest BCUT2D eigenvalue weighted by Crippen LogP contribution is 2.31. The van der Waals surface area contributed by atoms with Crippen molar-refractivity contribution >= 4 is 40.5 Å². The average Bonchev–Trinajstić information content (AvgIpc) is 2.74. The van der Waals surface area contributed by atoms with E-state index in [0.717, 1.165) is 50.6 Å². The third-order valence-electron chi connectivity index (χ3n) is 4.64. The Hall–Kier alpha value is -3.20. The highest BCUT2D eigenvalue weighted by molar-refractivity contribution is 6.33. The van der Waals surface area contributed by atoms with Crippen molar-refractivity contribution in [3.63, 3.8) is 0 Å². The second-order valence-electron chi connectivity index (χ2n) is 6.76. The maximum Gasteiger partial charge on any atom is 0.338 e. The van der Waals surface area contributed by atoms with Crippen molar-refractivity contribution in [1.29, 1.82) is 0 Å². The molecule has 1 N–H and O–H groups in total. The Morgan fingerprint density at radius 2 is 1.90 bits per heavy atom. The molecule has 0 bridgehead atoms. The van der Waals surface area contributed by atoms with Gasteiger partial charge in [0, 0.05) is 19.2 Å². The Balaban J connectivity index is 1.65. The van der Waals surface area contributed by atoms with Crippen LogP contribution in [0.2, 0.25) is 5.02 Å². The number of piperidine rings is 1. The number of amides is 1. The average molecular weight is 436 g/mol. The van der Waals surface area contributed by atoms with Crippen LogP contribution in [0.1, 0.15) is 29.6 Å². The molecule has 0 radical (unpaired) electrons. The smallest absolute Gasteiger partial charge is 0.338 e. The summed E-state index contributed by atoms with van der Waals surface area (Å²) in [6.45, 7) is 0.807. The van der Waals surface area contributed by atoms with Gasteiger partial charge in [0.1, 0.15) is 11.5 Å². The van der Waals surface area contributed by atoms with Gasteiger partial charge >= 0.3 is 5.97 Å². The van der Waals surface area contributed by atoms with E-state index in [4.69, 9.17) is 16.3 Å². The Labute approximate surface area is 176 Å². The lowest BCUT2D eigenvalue weighted by Crippen LogP contribution is -2.30. The van der Waals surface area contributed by atoms with Crippen molar-refractivity contribution in [1.82, 2.24) is 0 Å². The van der Waals surface area contributed by atoms with Crippen molar-refractivity contribution in [2.24, 2.45) is 0 Å². The summed E-state index contributed by atoms with van der Waals surface area (Å²) in [6.07, 6.45) is 2.99. The van der Waals surface area contributed by atoms with E-state index in [2.05, 4.69) is 5.32 Å². The Morgan fingerprint density at radius 1 is 1.17 bits per heavy atom. The van der Waals surface area contributed by atoms with Gasteiger partial charge < -0.3 is 15.0 Å². The van der Waals surface area contributed by atoms with Crippen LogP contribution in [-0.4, -0.2) is 36.5 Å². The van der Waals surface area contributed by atoms with Gasteiger partial charge in [0.25, 0.3) is 11.6 Å². The SMILES string of the molecule is O=C(COC(=O)c1ccc(N2CCCCC2)c([N+](=O)[O-])c1)Nc1ccc(F)cc1Cl. The van der Waals surface area contributed by atoms with Crippen LogP contribution in [0.15, 0.2) is 36.4 Å². The number of nitro benzene ring substituents is 1. The highest BCUT2D eigenvalue weighted by atomic mass is 35.5. The Bertz CT molecular complexity index is 979. The zero-order valence-electron chi connectivity index (χ0n) is 15.9. The van der Waals surface area contributed by atoms with Gasteiger partial charge in [-0.15, -0.1) is 0 Å². The molecule has 0 saturated carbocycles. The molecule has 30 heavy (non-hydrogen) atoms. The normalized spacial score (nSPS) is 13.6. The summed E-state index contributed by atoms with van der Waals surface area (Å²) >= 11 is 5.83. The maximum absolute atomic E-state index is 13.0. The molecule has 1 aliphatic rings. The molecule has 1 saturated heterocycles. The number of hydrogen-bond acceptors (Lipinski definition) is 6. The summed E-state index contributed by atoms with van der Waals surface area (Å²) in [7, 11) is 0. The van der Waals surface area contributed by atoms with Crippen LogP contribution in [-0.2, 0) is 9.53 Å². The molecule has 1 aliphatic heterocycles. The lowest BCUT2D eigenvalue weighted by Gasteiger charge is -2.28. The number of carbonyl (C=O) groups is 2. The second-order valence-corrected chi connectivity index (χ2v) is 7.16. The minimum absolute atomic E-state index is 0.00129. The summed E-state index contributed by atoms with van der Waals surface area (Å²) in [6, 6.07) is 7.55. The molecule has 0 aliphatic carbocycles. The van der Waals surface area contributed by atoms with Crippen molar-refractivity contribution in [3.05, 3.63) is 62.9 Å². The van der Waals surface area contributed by atoms with Crippen LogP contribution >= 0.6 is 11.6 Å². The van der Waals surface area contributed by atoms with Gasteiger partial charge in [0.15, 0.2) is 6.61 Å². The number of nitrogens with zero attached hydrogens (tertiary/aromatic N) is 2. The fraction of sp³-hybridized carbons (Fsp3) is 0.300. The quantitative estimate of drug-likeness (QED) is 0.415. The van der Waals surface area contributed by atoms with Crippen LogP contribution in [0, 0.1) is 15.9 Å². The van der Waals surface area contributed by atoms with E-state index in [-0.39, 0.29) is 22.0 Å². The molecule has 1 heterocycles. The van der Waals surface area contributed by atoms with E-state index < -0.39 is 29.2 Å². The van der Waals surface area contributed by atoms with E-state index in [1.165, 1.54) is 18.2 Å². The standard InChI is InChI=1S/C20H19ClFN3O5/c21-15-11-14(22)5-6-16(15)23-19(26)12-30-20(27)13-4-7-17(18(10-13)25(28)29)24-8-2-1-3-9-24/h4-7,10-11H,1-3,8-9,12H2,(H,23,26). The Morgan fingerprint density at radius 3 is 2.57 bits per heavy atom. The van der Waals surface area contributed by atoms with Gasteiger partial charge in [-0.3, -0.25) is 14.9 Å². The molecule has 0 atom stereocenters. The fourth-order valence-corrected chi connectivity index (χ4v) is 3.40. The number of nitrogens with one attached hydrogen (secondary N) is 1. The molecule has 0 spiro atoms. The van der Waals surface area contributed by atoms with E-state index in [9.17, 15) is 24.1 Å². The molecule has 8 nitrogen and oxygen atoms in total. The summed E-state index contributed by atoms with van der Waals surface area (Å²) < 4.78 is 18.0. The van der Waals surface area contributed by atoms with E-state index >= 15 is 0 Å². The van der Waals surface area contributed by atoms with Crippen LogP contribution in [0.3, 0.4) is 0 Å². The minimum atomic E-state index is -0.872. The molecule has 158 valence electrons. The van der Waals surface area contributed by atoms with Crippen molar-refractivity contribution in [2.45, 2.75) is 19.3 Å². The maximum atomic E-state index is 13.0. The number of carbonyl (C=O) groups excluding carboxylic acids is 2. The third kappa shape index (κ3) is 5.24. The molecule has 2 aromatic carbocycles. The second kappa shape index (κ2) is 9.53. The molecule has 1 amide bonds. The molecule has 1 fully saturated rings. The molecule has 0 aromatic heterocycles. The molecule has 3 rings (SSSR count). The molecular weight excluding hydrogens is 417 g/mol. The topological polar surface area (TPSA) is 102 Å². The molecular formula is C20H19ClFN3O5. The Kier molecular flexibility index (Phi) is 6.83. The number of benzene rings is 2. The van der Waals surface area contributed by atoms with Gasteiger partial charge in [-0.05, 0) is 49.6 Å². The number of anilines is 2. The van der Waals surface area contributed by atoms with Crippen LogP contribution < -0.4 is 10.2 Å². The molecule has 2 aromatic rings. The number of hydrogen-bond donors (Lipinski definition) is 1. The lowest BCUT2D eigenvalue weighted by molar-refractivity contribution is -0.384. The first kappa shape index (κ1) is 21.5. The van der Waals surface area contributed by atoms with E-state index in [1.807, 2.05) is 4.90 Å². The van der Waals surface area contributed by atoms with Crippen molar-refractivity contribution in [2.75, 3.05) is 29.9 Å². The number of rotatable bonds is 6. The third-order valence-corrected chi connectivity index (χ3v) is 4.96. The first-order chi connectivity index (χ1) is 14.3. The predicted octanol–water partition coefficient (Wildman–Crippen LogP) is 4.17. The highest BCUT2D eigenvalue weighted by Gasteiger charge is 2.24. The van der Waals surface area contributed by atoms with Crippen molar-refractivity contribution in [3.8, 4) is 0 Å². The van der Waals surface area contributed by atoms with Crippen LogP contribution in [0.5, 0.6) is 0 Å². The minimum Gasteiger partial charge on any atom is -0.452 e. The van der Waals surface area contributed by atoms with E-state index in [1.54, 1.807) is 0 Å². The summed E-state index contributed by atoms with van der Waals surface area (Å²) in [4.78, 5) is 37.1. The zero-order valence-corrected chi connectivity index (χ0v) is 16.7. The van der Waals surface area contributed by atoms with Crippen LogP contribution in [0.4, 0.5) is 21.5 Å². The summed E-state index contributed by atoms with van der Waals surface area (Å²) in [5, 5.41) is 13.9. The van der Waals surface area contributed by atoms with Gasteiger partial charge in [-0.1, -0.05) is 11.6 Å². The lowest BCUT2D eigenvalue weighted by atomic mass is 10.1. The summed E-state index contributed by atoms with van der Waals surface area (Å²) in [5.41, 5.74) is 0.407. The monoisotopic (exact) mass is 435 g/mol. The number of nitro groups is 1. The first-order valence-electron chi connectivity index (χ1n) is 9.30. The van der Waals surface area contributed by atoms with Crippen molar-refractivity contribution < 1.29 is 23.6 Å². The van der Waals surface area contributed by atoms with E-state index in [0.29, 0.717) is 5.69 Å². The fourth-order valence-electron chi connectivity index (χ4n) is 3.19. The molecule has 0 unspecified atom stereocenters. The number of halogens is 2. The predicted molar refractivity (Wildman–Crippen MR) is 109 cm³/mol. The van der Waals surface area contributed by atoms with Gasteiger partial charge in [0.2, 0.25) is 0 Å². The zero-order chi connectivity index (χ0) is 21.7. The molecule has 10 heteroatoms. The van der Waals surface area contributed by atoms with Gasteiger partial charge in [0.05, 0.1) is 21.2 Å². The largest absolute Gasteiger partial charge is 0.452 e. The number of esters is 1. The van der Waals surface area contributed by atoms with Crippen LogP contribution in [0.25, 0.3) is 0 Å². The summed E-state index contributed by atoms with van der Waals surface area (Å²) in [5.74, 6) is -2.11. The number of ether oxygens (including phenoxy) is 1.